The van der Waals surface area contributed by atoms with Crippen molar-refractivity contribution in [3.63, 3.8) is 0 Å². The molecule has 1 aliphatic rings. The lowest BCUT2D eigenvalue weighted by atomic mass is 9.92. The van der Waals surface area contributed by atoms with Gasteiger partial charge in [0.1, 0.15) is 12.5 Å². The summed E-state index contributed by atoms with van der Waals surface area (Å²) in [4.78, 5) is 11.8. The second-order valence-electron chi connectivity index (χ2n) is 7.86. The first kappa shape index (κ1) is 20.1. The third kappa shape index (κ3) is 3.80. The molecule has 1 saturated carbocycles. The fourth-order valence-corrected chi connectivity index (χ4v) is 3.89. The zero-order valence-electron chi connectivity index (χ0n) is 17.4. The third-order valence-corrected chi connectivity index (χ3v) is 5.45. The number of amides is 1. The van der Waals surface area contributed by atoms with Crippen molar-refractivity contribution < 1.29 is 14.3 Å². The molecule has 0 aliphatic heterocycles. The molecule has 1 fully saturated rings. The van der Waals surface area contributed by atoms with Gasteiger partial charge in [0.2, 0.25) is 0 Å². The molecule has 0 saturated heterocycles. The van der Waals surface area contributed by atoms with Crippen LogP contribution in [0.15, 0.2) is 42.5 Å². The van der Waals surface area contributed by atoms with Crippen LogP contribution >= 0.6 is 0 Å². The predicted octanol–water partition coefficient (Wildman–Crippen LogP) is 4.87. The van der Waals surface area contributed by atoms with Gasteiger partial charge in [0.05, 0.1) is 23.0 Å². The molecule has 5 N–H and O–H groups in total. The van der Waals surface area contributed by atoms with E-state index in [0.29, 0.717) is 11.7 Å². The number of nitrogens with two attached hydrogens (primary N) is 2. The van der Waals surface area contributed by atoms with Crippen LogP contribution in [0, 0.1) is 0 Å². The number of nitrogen functional groups attached to an aromatic ring is 1. The van der Waals surface area contributed by atoms with E-state index < -0.39 is 6.09 Å². The molecular weight excluding hydrogens is 380 g/mol. The number of rotatable bonds is 6. The number of hydrogen-bond donors (Lipinski definition) is 3. The van der Waals surface area contributed by atoms with Crippen LogP contribution in [0.2, 0.25) is 0 Å². The van der Waals surface area contributed by atoms with E-state index >= 15 is 0 Å². The fraction of sp³-hybridized carbons (Fsp3) is 0.348. The maximum absolute atomic E-state index is 11.8. The van der Waals surface area contributed by atoms with Gasteiger partial charge in [0, 0.05) is 28.7 Å². The molecule has 0 radical (unpaired) electrons. The quantitative estimate of drug-likeness (QED) is 0.505. The molecule has 7 nitrogen and oxygen atoms in total. The summed E-state index contributed by atoms with van der Waals surface area (Å²) in [6.07, 6.45) is 2.82. The highest BCUT2D eigenvalue weighted by Crippen LogP contribution is 2.44. The second kappa shape index (κ2) is 8.28. The van der Waals surface area contributed by atoms with Crippen molar-refractivity contribution in [3.05, 3.63) is 42.5 Å². The molecule has 4 rings (SSSR count). The van der Waals surface area contributed by atoms with Gasteiger partial charge in [-0.2, -0.15) is 0 Å². The molecule has 30 heavy (non-hydrogen) atoms. The van der Waals surface area contributed by atoms with Crippen LogP contribution in [-0.4, -0.2) is 23.5 Å². The number of nitrogens with zero attached hydrogens (tertiary/aromatic N) is 1. The zero-order valence-corrected chi connectivity index (χ0v) is 17.4. The summed E-state index contributed by atoms with van der Waals surface area (Å²) in [7, 11) is 0. The maximum atomic E-state index is 11.8. The third-order valence-electron chi connectivity index (χ3n) is 5.45. The predicted molar refractivity (Wildman–Crippen MR) is 120 cm³/mol. The Morgan fingerprint density at radius 2 is 1.93 bits per heavy atom. The van der Waals surface area contributed by atoms with Crippen molar-refractivity contribution in [1.29, 1.82) is 0 Å². The molecule has 1 aliphatic carbocycles. The van der Waals surface area contributed by atoms with Gasteiger partial charge < -0.3 is 19.8 Å². The van der Waals surface area contributed by atoms with E-state index in [0.717, 1.165) is 46.4 Å². The summed E-state index contributed by atoms with van der Waals surface area (Å²) >= 11 is 0. The van der Waals surface area contributed by atoms with Crippen molar-refractivity contribution in [2.45, 2.75) is 45.3 Å². The minimum absolute atomic E-state index is 0.131. The Labute approximate surface area is 175 Å². The number of aromatic nitrogens is 1. The standard InChI is InChI=1S/C23H28N4O3/c1-14(2)30-23(28)26-16-8-6-15(7-9-16)22-21(25)19-11-10-18(29-13-24)12-20(19)27(22)17-4-3-5-17/h6-12,14,17H,3-5,13,24-25H2,1-2H3,(H,26,28). The van der Waals surface area contributed by atoms with Crippen LogP contribution in [0.4, 0.5) is 16.2 Å². The van der Waals surface area contributed by atoms with E-state index in [1.54, 1.807) is 0 Å². The van der Waals surface area contributed by atoms with Gasteiger partial charge in [-0.25, -0.2) is 4.79 Å². The Morgan fingerprint density at radius 3 is 2.53 bits per heavy atom. The lowest BCUT2D eigenvalue weighted by molar-refractivity contribution is 0.130. The fourth-order valence-electron chi connectivity index (χ4n) is 3.89. The van der Waals surface area contributed by atoms with Crippen molar-refractivity contribution >= 4 is 28.4 Å². The normalized spacial score (nSPS) is 14.0. The van der Waals surface area contributed by atoms with E-state index in [1.165, 1.54) is 6.42 Å². The van der Waals surface area contributed by atoms with Gasteiger partial charge in [-0.1, -0.05) is 12.1 Å². The van der Waals surface area contributed by atoms with Crippen LogP contribution in [0.5, 0.6) is 5.75 Å². The average molecular weight is 409 g/mol. The largest absolute Gasteiger partial charge is 0.479 e. The summed E-state index contributed by atoms with van der Waals surface area (Å²) in [5.74, 6) is 0.734. The molecule has 158 valence electrons. The number of carbonyl (C=O) groups is 1. The summed E-state index contributed by atoms with van der Waals surface area (Å²) in [5.41, 5.74) is 16.6. The number of anilines is 2. The van der Waals surface area contributed by atoms with Gasteiger partial charge in [-0.05, 0) is 57.4 Å². The highest BCUT2D eigenvalue weighted by atomic mass is 16.6. The van der Waals surface area contributed by atoms with Gasteiger partial charge in [0.15, 0.2) is 0 Å². The zero-order chi connectivity index (χ0) is 21.3. The van der Waals surface area contributed by atoms with E-state index in [-0.39, 0.29) is 12.8 Å². The van der Waals surface area contributed by atoms with E-state index in [4.69, 9.17) is 20.9 Å². The number of nitrogens with one attached hydrogen (secondary N) is 1. The smallest absolute Gasteiger partial charge is 0.411 e. The van der Waals surface area contributed by atoms with Crippen LogP contribution in [0.1, 0.15) is 39.2 Å². The van der Waals surface area contributed by atoms with Crippen LogP contribution in [0.25, 0.3) is 22.2 Å². The first-order valence-electron chi connectivity index (χ1n) is 10.3. The van der Waals surface area contributed by atoms with Crippen LogP contribution in [-0.2, 0) is 4.74 Å². The Kier molecular flexibility index (Phi) is 5.55. The molecule has 0 bridgehead atoms. The van der Waals surface area contributed by atoms with Crippen molar-refractivity contribution in [3.8, 4) is 17.0 Å². The molecule has 0 unspecified atom stereocenters. The Balaban J connectivity index is 1.72. The molecule has 0 atom stereocenters. The first-order valence-corrected chi connectivity index (χ1v) is 10.3. The summed E-state index contributed by atoms with van der Waals surface area (Å²) in [6.45, 7) is 3.76. The van der Waals surface area contributed by atoms with Gasteiger partial charge in [0.25, 0.3) is 0 Å². The number of hydrogen-bond acceptors (Lipinski definition) is 5. The lowest BCUT2D eigenvalue weighted by Crippen LogP contribution is -2.18. The number of fused-ring (bicyclic) bond motifs is 1. The average Bonchev–Trinajstić information content (AvgIpc) is 2.93. The molecule has 1 heterocycles. The Bertz CT molecular complexity index is 1050. The van der Waals surface area contributed by atoms with Gasteiger partial charge >= 0.3 is 6.09 Å². The SMILES string of the molecule is CC(C)OC(=O)Nc1ccc(-c2c(N)c3ccc(OCN)cc3n2C2CCC2)cc1. The summed E-state index contributed by atoms with van der Waals surface area (Å²) in [5, 5.41) is 3.75. The minimum atomic E-state index is -0.465. The van der Waals surface area contributed by atoms with E-state index in [1.807, 2.05) is 56.3 Å². The molecule has 2 aromatic carbocycles. The van der Waals surface area contributed by atoms with E-state index in [9.17, 15) is 4.79 Å². The maximum Gasteiger partial charge on any atom is 0.411 e. The second-order valence-corrected chi connectivity index (χ2v) is 7.86. The van der Waals surface area contributed by atoms with E-state index in [2.05, 4.69) is 9.88 Å². The molecule has 7 heteroatoms. The summed E-state index contributed by atoms with van der Waals surface area (Å²) < 4.78 is 13.0. The highest BCUT2D eigenvalue weighted by molar-refractivity contribution is 6.01. The van der Waals surface area contributed by atoms with Crippen molar-refractivity contribution in [1.82, 2.24) is 4.57 Å². The topological polar surface area (TPSA) is 105 Å². The minimum Gasteiger partial charge on any atom is -0.479 e. The molecular formula is C23H28N4O3. The highest BCUT2D eigenvalue weighted by Gasteiger charge is 2.27. The number of benzene rings is 2. The van der Waals surface area contributed by atoms with Crippen LogP contribution < -0.4 is 21.5 Å². The molecule has 1 amide bonds. The van der Waals surface area contributed by atoms with Gasteiger partial charge in [-0.15, -0.1) is 0 Å². The van der Waals surface area contributed by atoms with Gasteiger partial charge in [-0.3, -0.25) is 11.1 Å². The van der Waals surface area contributed by atoms with Crippen molar-refractivity contribution in [2.75, 3.05) is 17.8 Å². The number of carbonyl (C=O) groups excluding carboxylic acids is 1. The lowest BCUT2D eigenvalue weighted by Gasteiger charge is -2.30. The van der Waals surface area contributed by atoms with Crippen LogP contribution in [0.3, 0.4) is 0 Å². The molecule has 3 aromatic rings. The number of ether oxygens (including phenoxy) is 2. The Morgan fingerprint density at radius 1 is 1.20 bits per heavy atom. The van der Waals surface area contributed by atoms with Crippen molar-refractivity contribution in [2.24, 2.45) is 5.73 Å². The molecule has 1 aromatic heterocycles. The first-order chi connectivity index (χ1) is 14.5. The Hall–Kier alpha value is -3.19. The monoisotopic (exact) mass is 408 g/mol. The molecule has 0 spiro atoms. The summed E-state index contributed by atoms with van der Waals surface area (Å²) in [6, 6.07) is 14.0.